The Kier molecular flexibility index (Phi) is 3.86. The number of aromatic nitrogens is 1. The van der Waals surface area contributed by atoms with Crippen molar-refractivity contribution in [2.24, 2.45) is 0 Å². The summed E-state index contributed by atoms with van der Waals surface area (Å²) >= 11 is 0. The molecule has 4 nitrogen and oxygen atoms in total. The van der Waals surface area contributed by atoms with Gasteiger partial charge in [-0.2, -0.15) is 0 Å². The molecule has 1 N–H and O–H groups in total. The zero-order chi connectivity index (χ0) is 14.7. The Hall–Kier alpha value is -2.36. The van der Waals surface area contributed by atoms with Crippen LogP contribution in [0.4, 0.5) is 5.69 Å². The van der Waals surface area contributed by atoms with Crippen LogP contribution < -0.4 is 5.32 Å². The lowest BCUT2D eigenvalue weighted by molar-refractivity contribution is 0.0796. The Labute approximate surface area is 124 Å². The standard InChI is InChI=1S/C17H19N3O/c1-20(11-7-13-4-8-18-9-5-13)17(21)15-2-3-16-14(12-15)6-10-19-16/h2-5,8-9,12,19H,6-7,10-11H2,1H3. The van der Waals surface area contributed by atoms with Gasteiger partial charge in [-0.3, -0.25) is 9.78 Å². The fraction of sp³-hybridized carbons (Fsp3) is 0.294. The number of nitrogens with one attached hydrogen (secondary N) is 1. The van der Waals surface area contributed by atoms with Crippen LogP contribution in [0.15, 0.2) is 42.7 Å². The molecule has 0 aliphatic carbocycles. The number of benzene rings is 1. The monoisotopic (exact) mass is 281 g/mol. The maximum absolute atomic E-state index is 12.5. The molecule has 0 bridgehead atoms. The predicted octanol–water partition coefficient (Wildman–Crippen LogP) is 2.36. The van der Waals surface area contributed by atoms with Crippen molar-refractivity contribution in [2.75, 3.05) is 25.5 Å². The molecule has 0 saturated carbocycles. The van der Waals surface area contributed by atoms with E-state index in [2.05, 4.69) is 10.3 Å². The maximum atomic E-state index is 12.5. The average Bonchev–Trinajstić information content (AvgIpc) is 3.00. The molecular weight excluding hydrogens is 262 g/mol. The Morgan fingerprint density at radius 3 is 2.90 bits per heavy atom. The lowest BCUT2D eigenvalue weighted by Crippen LogP contribution is -2.28. The van der Waals surface area contributed by atoms with Crippen LogP contribution in [0.1, 0.15) is 21.5 Å². The molecule has 2 heterocycles. The number of rotatable bonds is 4. The average molecular weight is 281 g/mol. The quantitative estimate of drug-likeness (QED) is 0.935. The van der Waals surface area contributed by atoms with Crippen molar-refractivity contribution in [2.45, 2.75) is 12.8 Å². The number of hydrogen-bond donors (Lipinski definition) is 1. The number of likely N-dealkylation sites (N-methyl/N-ethyl adjacent to an activating group) is 1. The number of anilines is 1. The van der Waals surface area contributed by atoms with Crippen LogP contribution in [0.5, 0.6) is 0 Å². The topological polar surface area (TPSA) is 45.2 Å². The molecule has 0 radical (unpaired) electrons. The number of hydrogen-bond acceptors (Lipinski definition) is 3. The fourth-order valence-electron chi connectivity index (χ4n) is 2.61. The number of amides is 1. The molecule has 0 unspecified atom stereocenters. The molecule has 0 spiro atoms. The van der Waals surface area contributed by atoms with Gasteiger partial charge in [0.15, 0.2) is 0 Å². The summed E-state index contributed by atoms with van der Waals surface area (Å²) in [5.41, 5.74) is 4.37. The van der Waals surface area contributed by atoms with Crippen LogP contribution >= 0.6 is 0 Å². The van der Waals surface area contributed by atoms with Crippen molar-refractivity contribution in [3.05, 3.63) is 59.4 Å². The van der Waals surface area contributed by atoms with Crippen molar-refractivity contribution in [1.82, 2.24) is 9.88 Å². The van der Waals surface area contributed by atoms with Gasteiger partial charge in [0, 0.05) is 43.8 Å². The molecule has 2 aromatic rings. The number of carbonyl (C=O) groups is 1. The van der Waals surface area contributed by atoms with Gasteiger partial charge in [-0.25, -0.2) is 0 Å². The first-order valence-electron chi connectivity index (χ1n) is 7.25. The van der Waals surface area contributed by atoms with E-state index in [0.717, 1.165) is 30.6 Å². The SMILES string of the molecule is CN(CCc1ccncc1)C(=O)c1ccc2c(c1)CCN2. The molecule has 0 atom stereocenters. The second-order valence-electron chi connectivity index (χ2n) is 5.38. The minimum Gasteiger partial charge on any atom is -0.384 e. The number of fused-ring (bicyclic) bond motifs is 1. The lowest BCUT2D eigenvalue weighted by atomic mass is 10.1. The molecule has 1 aliphatic heterocycles. The molecule has 108 valence electrons. The number of carbonyl (C=O) groups excluding carboxylic acids is 1. The van der Waals surface area contributed by atoms with Crippen LogP contribution in [-0.2, 0) is 12.8 Å². The summed E-state index contributed by atoms with van der Waals surface area (Å²) in [7, 11) is 1.86. The van der Waals surface area contributed by atoms with E-state index in [1.54, 1.807) is 17.3 Å². The molecule has 0 saturated heterocycles. The third kappa shape index (κ3) is 3.05. The minimum atomic E-state index is 0.0822. The van der Waals surface area contributed by atoms with Crippen LogP contribution in [0.3, 0.4) is 0 Å². The highest BCUT2D eigenvalue weighted by molar-refractivity contribution is 5.94. The second-order valence-corrected chi connectivity index (χ2v) is 5.38. The van der Waals surface area contributed by atoms with Crippen LogP contribution in [-0.4, -0.2) is 35.9 Å². The summed E-state index contributed by atoms with van der Waals surface area (Å²) in [5.74, 6) is 0.0822. The van der Waals surface area contributed by atoms with E-state index in [-0.39, 0.29) is 5.91 Å². The van der Waals surface area contributed by atoms with E-state index < -0.39 is 0 Å². The summed E-state index contributed by atoms with van der Waals surface area (Å²) in [6.07, 6.45) is 5.41. The molecule has 1 amide bonds. The van der Waals surface area contributed by atoms with Gasteiger partial charge in [0.05, 0.1) is 0 Å². The largest absolute Gasteiger partial charge is 0.384 e. The van der Waals surface area contributed by atoms with E-state index >= 15 is 0 Å². The zero-order valence-corrected chi connectivity index (χ0v) is 12.2. The predicted molar refractivity (Wildman–Crippen MR) is 83.5 cm³/mol. The van der Waals surface area contributed by atoms with E-state index in [1.807, 2.05) is 37.4 Å². The van der Waals surface area contributed by atoms with Gasteiger partial charge in [0.1, 0.15) is 0 Å². The van der Waals surface area contributed by atoms with Gasteiger partial charge < -0.3 is 10.2 Å². The molecule has 1 aromatic heterocycles. The summed E-state index contributed by atoms with van der Waals surface area (Å²) in [6, 6.07) is 9.90. The fourth-order valence-corrected chi connectivity index (χ4v) is 2.61. The third-order valence-corrected chi connectivity index (χ3v) is 3.89. The molecular formula is C17H19N3O. The van der Waals surface area contributed by atoms with Crippen LogP contribution in [0.25, 0.3) is 0 Å². The van der Waals surface area contributed by atoms with Crippen LogP contribution in [0, 0.1) is 0 Å². The molecule has 1 aromatic carbocycles. The van der Waals surface area contributed by atoms with E-state index in [9.17, 15) is 4.79 Å². The van der Waals surface area contributed by atoms with Gasteiger partial charge in [-0.1, -0.05) is 0 Å². The number of pyridine rings is 1. The third-order valence-electron chi connectivity index (χ3n) is 3.89. The van der Waals surface area contributed by atoms with Crippen molar-refractivity contribution in [1.29, 1.82) is 0 Å². The van der Waals surface area contributed by atoms with Gasteiger partial charge in [-0.15, -0.1) is 0 Å². The highest BCUT2D eigenvalue weighted by atomic mass is 16.2. The Bertz CT molecular complexity index is 640. The summed E-state index contributed by atoms with van der Waals surface area (Å²) < 4.78 is 0. The van der Waals surface area contributed by atoms with E-state index in [0.29, 0.717) is 6.54 Å². The first-order valence-corrected chi connectivity index (χ1v) is 7.25. The van der Waals surface area contributed by atoms with Gasteiger partial charge in [0.2, 0.25) is 0 Å². The molecule has 0 fully saturated rings. The summed E-state index contributed by atoms with van der Waals surface area (Å²) in [5, 5.41) is 3.31. The minimum absolute atomic E-state index is 0.0822. The summed E-state index contributed by atoms with van der Waals surface area (Å²) in [4.78, 5) is 18.2. The summed E-state index contributed by atoms with van der Waals surface area (Å²) in [6.45, 7) is 1.67. The second kappa shape index (κ2) is 5.95. The maximum Gasteiger partial charge on any atom is 0.253 e. The van der Waals surface area contributed by atoms with Crippen molar-refractivity contribution in [3.63, 3.8) is 0 Å². The van der Waals surface area contributed by atoms with E-state index in [1.165, 1.54) is 11.1 Å². The van der Waals surface area contributed by atoms with Gasteiger partial charge in [0.25, 0.3) is 5.91 Å². The first kappa shape index (κ1) is 13.6. The van der Waals surface area contributed by atoms with Crippen molar-refractivity contribution < 1.29 is 4.79 Å². The van der Waals surface area contributed by atoms with Crippen molar-refractivity contribution >= 4 is 11.6 Å². The van der Waals surface area contributed by atoms with Gasteiger partial charge in [-0.05, 0) is 54.3 Å². The lowest BCUT2D eigenvalue weighted by Gasteiger charge is -2.17. The zero-order valence-electron chi connectivity index (χ0n) is 12.2. The van der Waals surface area contributed by atoms with Crippen molar-refractivity contribution in [3.8, 4) is 0 Å². The number of nitrogens with zero attached hydrogens (tertiary/aromatic N) is 2. The molecule has 3 rings (SSSR count). The van der Waals surface area contributed by atoms with Crippen LogP contribution in [0.2, 0.25) is 0 Å². The highest BCUT2D eigenvalue weighted by Crippen LogP contribution is 2.23. The van der Waals surface area contributed by atoms with Gasteiger partial charge >= 0.3 is 0 Å². The molecule has 4 heteroatoms. The smallest absolute Gasteiger partial charge is 0.253 e. The highest BCUT2D eigenvalue weighted by Gasteiger charge is 2.16. The normalized spacial score (nSPS) is 12.6. The Morgan fingerprint density at radius 1 is 1.29 bits per heavy atom. The van der Waals surface area contributed by atoms with E-state index in [4.69, 9.17) is 0 Å². The molecule has 21 heavy (non-hydrogen) atoms. The first-order chi connectivity index (χ1) is 10.2. The Morgan fingerprint density at radius 2 is 2.10 bits per heavy atom. The molecule has 1 aliphatic rings. The Balaban J connectivity index is 1.64.